The van der Waals surface area contributed by atoms with Crippen molar-refractivity contribution >= 4 is 0 Å². The summed E-state index contributed by atoms with van der Waals surface area (Å²) in [5.74, 6) is -1.27. The maximum Gasteiger partial charge on any atom is 0.392 e. The molecule has 0 radical (unpaired) electrons. The van der Waals surface area contributed by atoms with Gasteiger partial charge in [-0.2, -0.15) is 13.2 Å². The molecule has 0 aliphatic heterocycles. The van der Waals surface area contributed by atoms with Crippen LogP contribution in [0.4, 0.5) is 13.2 Å². The van der Waals surface area contributed by atoms with Gasteiger partial charge in [0.2, 0.25) is 0 Å². The van der Waals surface area contributed by atoms with Crippen LogP contribution in [0.25, 0.3) is 0 Å². The fourth-order valence-corrected chi connectivity index (χ4v) is 1.60. The lowest BCUT2D eigenvalue weighted by atomic mass is 10.1. The first-order chi connectivity index (χ1) is 4.28. The Bertz CT molecular complexity index is 135. The molecule has 0 nitrogen and oxygen atoms in total. The molecular formula is C7H11F3. The van der Waals surface area contributed by atoms with Crippen molar-refractivity contribution in [2.24, 2.45) is 17.3 Å². The quantitative estimate of drug-likeness (QED) is 0.500. The predicted molar refractivity (Wildman–Crippen MR) is 32.5 cm³/mol. The minimum atomic E-state index is -3.98. The molecule has 0 N–H and O–H groups in total. The van der Waals surface area contributed by atoms with Crippen LogP contribution in [0.5, 0.6) is 0 Å². The Kier molecular flexibility index (Phi) is 1.33. The van der Waals surface area contributed by atoms with E-state index in [1.165, 1.54) is 0 Å². The predicted octanol–water partition coefficient (Wildman–Crippen LogP) is 2.84. The molecule has 10 heavy (non-hydrogen) atoms. The zero-order valence-electron chi connectivity index (χ0n) is 6.29. The minimum absolute atomic E-state index is 0.201. The van der Waals surface area contributed by atoms with Crippen molar-refractivity contribution in [3.8, 4) is 0 Å². The second kappa shape index (κ2) is 1.69. The first-order valence-electron chi connectivity index (χ1n) is 3.34. The van der Waals surface area contributed by atoms with Crippen LogP contribution in [0.1, 0.15) is 20.8 Å². The van der Waals surface area contributed by atoms with Crippen molar-refractivity contribution in [1.29, 1.82) is 0 Å². The van der Waals surface area contributed by atoms with E-state index in [2.05, 4.69) is 0 Å². The number of hydrogen-bond acceptors (Lipinski definition) is 0. The van der Waals surface area contributed by atoms with Crippen molar-refractivity contribution < 1.29 is 13.2 Å². The summed E-state index contributed by atoms with van der Waals surface area (Å²) in [4.78, 5) is 0. The molecule has 60 valence electrons. The molecular weight excluding hydrogens is 141 g/mol. The van der Waals surface area contributed by atoms with Crippen LogP contribution >= 0.6 is 0 Å². The van der Waals surface area contributed by atoms with Crippen molar-refractivity contribution in [2.75, 3.05) is 0 Å². The number of alkyl halides is 3. The highest BCUT2D eigenvalue weighted by Gasteiger charge is 2.67. The summed E-state index contributed by atoms with van der Waals surface area (Å²) in [6, 6.07) is 0. The molecule has 3 heteroatoms. The van der Waals surface area contributed by atoms with Gasteiger partial charge in [-0.1, -0.05) is 20.8 Å². The lowest BCUT2D eigenvalue weighted by Gasteiger charge is -2.06. The topological polar surface area (TPSA) is 0 Å². The van der Waals surface area contributed by atoms with Crippen LogP contribution in [0.2, 0.25) is 0 Å². The molecule has 2 atom stereocenters. The molecule has 2 unspecified atom stereocenters. The number of halogens is 3. The molecule has 1 fully saturated rings. The van der Waals surface area contributed by atoms with Gasteiger partial charge in [-0.15, -0.1) is 0 Å². The van der Waals surface area contributed by atoms with Crippen LogP contribution in [-0.2, 0) is 0 Å². The Morgan fingerprint density at radius 1 is 1.20 bits per heavy atom. The van der Waals surface area contributed by atoms with Crippen LogP contribution in [0, 0.1) is 17.3 Å². The zero-order chi connectivity index (χ0) is 8.15. The number of hydrogen-bond donors (Lipinski definition) is 0. The van der Waals surface area contributed by atoms with Crippen LogP contribution in [0.3, 0.4) is 0 Å². The van der Waals surface area contributed by atoms with Gasteiger partial charge in [0.05, 0.1) is 5.92 Å². The van der Waals surface area contributed by atoms with Crippen LogP contribution < -0.4 is 0 Å². The van der Waals surface area contributed by atoms with E-state index < -0.39 is 17.5 Å². The van der Waals surface area contributed by atoms with Crippen LogP contribution in [0.15, 0.2) is 0 Å². The highest BCUT2D eigenvalue weighted by molar-refractivity contribution is 5.05. The molecule has 0 heterocycles. The number of rotatable bonds is 0. The molecule has 0 aromatic carbocycles. The first-order valence-corrected chi connectivity index (χ1v) is 3.34. The Labute approximate surface area is 58.4 Å². The minimum Gasteiger partial charge on any atom is -0.171 e. The average Bonchev–Trinajstić information content (AvgIpc) is 2.03. The van der Waals surface area contributed by atoms with Crippen molar-refractivity contribution in [3.63, 3.8) is 0 Å². The molecule has 1 aliphatic carbocycles. The highest BCUT2D eigenvalue weighted by Crippen LogP contribution is 2.64. The fraction of sp³-hybridized carbons (Fsp3) is 1.00. The normalized spacial score (nSPS) is 37.8. The van der Waals surface area contributed by atoms with E-state index >= 15 is 0 Å². The summed E-state index contributed by atoms with van der Waals surface area (Å²) in [7, 11) is 0. The molecule has 0 aromatic rings. The van der Waals surface area contributed by atoms with E-state index in [0.717, 1.165) is 0 Å². The van der Waals surface area contributed by atoms with Gasteiger partial charge in [0, 0.05) is 0 Å². The van der Waals surface area contributed by atoms with E-state index in [4.69, 9.17) is 0 Å². The lowest BCUT2D eigenvalue weighted by Crippen LogP contribution is -2.14. The molecule has 0 aromatic heterocycles. The maximum absolute atomic E-state index is 12.0. The third-order valence-electron chi connectivity index (χ3n) is 2.72. The summed E-state index contributed by atoms with van der Waals surface area (Å²) >= 11 is 0. The SMILES string of the molecule is CC1C(C(F)(F)F)C1(C)C. The van der Waals surface area contributed by atoms with Gasteiger partial charge < -0.3 is 0 Å². The smallest absolute Gasteiger partial charge is 0.171 e. The first kappa shape index (κ1) is 7.89. The van der Waals surface area contributed by atoms with Gasteiger partial charge in [0.15, 0.2) is 0 Å². The summed E-state index contributed by atoms with van der Waals surface area (Å²) in [6.07, 6.45) is -3.98. The third-order valence-corrected chi connectivity index (χ3v) is 2.72. The average molecular weight is 152 g/mol. The monoisotopic (exact) mass is 152 g/mol. The van der Waals surface area contributed by atoms with Crippen molar-refractivity contribution in [3.05, 3.63) is 0 Å². The standard InChI is InChI=1S/C7H11F3/c1-4-5(6(4,2)3)7(8,9)10/h4-5H,1-3H3. The Hall–Kier alpha value is -0.210. The summed E-state index contributed by atoms with van der Waals surface area (Å²) in [5.41, 5.74) is -0.516. The second-order valence-electron chi connectivity index (χ2n) is 3.63. The van der Waals surface area contributed by atoms with E-state index in [1.54, 1.807) is 20.8 Å². The Morgan fingerprint density at radius 3 is 1.50 bits per heavy atom. The van der Waals surface area contributed by atoms with E-state index in [1.807, 2.05) is 0 Å². The van der Waals surface area contributed by atoms with Gasteiger partial charge in [-0.25, -0.2) is 0 Å². The molecule has 1 aliphatic rings. The van der Waals surface area contributed by atoms with E-state index in [0.29, 0.717) is 0 Å². The van der Waals surface area contributed by atoms with Gasteiger partial charge in [-0.3, -0.25) is 0 Å². The molecule has 0 saturated heterocycles. The second-order valence-corrected chi connectivity index (χ2v) is 3.63. The fourth-order valence-electron chi connectivity index (χ4n) is 1.60. The highest BCUT2D eigenvalue weighted by atomic mass is 19.4. The maximum atomic E-state index is 12.0. The van der Waals surface area contributed by atoms with Gasteiger partial charge >= 0.3 is 6.18 Å². The molecule has 0 spiro atoms. The van der Waals surface area contributed by atoms with Gasteiger partial charge in [0.25, 0.3) is 0 Å². The third kappa shape index (κ3) is 0.917. The van der Waals surface area contributed by atoms with E-state index in [-0.39, 0.29) is 5.92 Å². The van der Waals surface area contributed by atoms with Crippen LogP contribution in [-0.4, -0.2) is 6.18 Å². The summed E-state index contributed by atoms with van der Waals surface area (Å²) < 4.78 is 36.0. The summed E-state index contributed by atoms with van der Waals surface area (Å²) in [6.45, 7) is 4.98. The molecule has 0 amide bonds. The van der Waals surface area contributed by atoms with E-state index in [9.17, 15) is 13.2 Å². The van der Waals surface area contributed by atoms with Gasteiger partial charge in [0.1, 0.15) is 0 Å². The zero-order valence-corrected chi connectivity index (χ0v) is 6.29. The largest absolute Gasteiger partial charge is 0.392 e. The molecule has 0 bridgehead atoms. The van der Waals surface area contributed by atoms with Gasteiger partial charge in [-0.05, 0) is 11.3 Å². The molecule has 1 rings (SSSR count). The Morgan fingerprint density at radius 2 is 1.50 bits per heavy atom. The van der Waals surface area contributed by atoms with Crippen molar-refractivity contribution in [2.45, 2.75) is 26.9 Å². The summed E-state index contributed by atoms with van der Waals surface area (Å²) in [5, 5.41) is 0. The molecule has 1 saturated carbocycles. The van der Waals surface area contributed by atoms with Crippen molar-refractivity contribution in [1.82, 2.24) is 0 Å². The lowest BCUT2D eigenvalue weighted by molar-refractivity contribution is -0.156. The Balaban J connectivity index is 2.66.